The molecule has 0 fully saturated rings. The molecule has 0 spiro atoms. The van der Waals surface area contributed by atoms with E-state index in [1.54, 1.807) is 0 Å². The van der Waals surface area contributed by atoms with Gasteiger partial charge in [0.1, 0.15) is 0 Å². The smallest absolute Gasteiger partial charge is 0.303 e. The minimum Gasteiger partial charge on any atom is -0.481 e. The molecule has 1 aromatic heterocycles. The van der Waals surface area contributed by atoms with Gasteiger partial charge in [-0.2, -0.15) is 0 Å². The maximum atomic E-state index is 10.8. The van der Waals surface area contributed by atoms with Crippen molar-refractivity contribution in [2.45, 2.75) is 39.5 Å². The highest BCUT2D eigenvalue weighted by atomic mass is 16.4. The Bertz CT molecular complexity index is 591. The predicted molar refractivity (Wildman–Crippen MR) is 77.9 cm³/mol. The molecular weight excluding hydrogens is 268 g/mol. The summed E-state index contributed by atoms with van der Waals surface area (Å²) in [6.45, 7) is 3.77. The topological polar surface area (TPSA) is 76.2 Å². The lowest BCUT2D eigenvalue weighted by atomic mass is 9.86. The van der Waals surface area contributed by atoms with Crippen LogP contribution in [-0.4, -0.2) is 21.3 Å². The van der Waals surface area contributed by atoms with Gasteiger partial charge in [0.25, 0.3) is 0 Å². The third-order valence-corrected chi connectivity index (χ3v) is 3.24. The maximum absolute atomic E-state index is 10.8. The standard InChI is InChI=1S/C16H20N2O3/c1-16(2,11-15(19)20)10-14-18-17-13(21-14)9-8-12-6-4-3-5-7-12/h3-7H,8-11H2,1-2H3,(H,19,20). The van der Waals surface area contributed by atoms with E-state index in [-0.39, 0.29) is 6.42 Å². The molecule has 0 saturated heterocycles. The zero-order valence-corrected chi connectivity index (χ0v) is 12.4. The second-order valence-corrected chi connectivity index (χ2v) is 5.99. The summed E-state index contributed by atoms with van der Waals surface area (Å²) in [5.74, 6) is 0.285. The fourth-order valence-electron chi connectivity index (χ4n) is 2.24. The van der Waals surface area contributed by atoms with E-state index < -0.39 is 11.4 Å². The van der Waals surface area contributed by atoms with Gasteiger partial charge in [0.15, 0.2) is 0 Å². The summed E-state index contributed by atoms with van der Waals surface area (Å²) in [6.07, 6.45) is 2.09. The first-order chi connectivity index (χ1) is 9.94. The molecule has 5 nitrogen and oxygen atoms in total. The van der Waals surface area contributed by atoms with Crippen LogP contribution >= 0.6 is 0 Å². The van der Waals surface area contributed by atoms with E-state index in [9.17, 15) is 4.79 Å². The van der Waals surface area contributed by atoms with Gasteiger partial charge in [-0.15, -0.1) is 10.2 Å². The molecule has 0 radical (unpaired) electrons. The summed E-state index contributed by atoms with van der Waals surface area (Å²) >= 11 is 0. The fraction of sp³-hybridized carbons (Fsp3) is 0.438. The Hall–Kier alpha value is -2.17. The van der Waals surface area contributed by atoms with Gasteiger partial charge in [0.05, 0.1) is 6.42 Å². The number of aliphatic carboxylic acids is 1. The van der Waals surface area contributed by atoms with Crippen molar-refractivity contribution < 1.29 is 14.3 Å². The first-order valence-corrected chi connectivity index (χ1v) is 7.02. The zero-order chi connectivity index (χ0) is 15.3. The molecule has 112 valence electrons. The summed E-state index contributed by atoms with van der Waals surface area (Å²) in [5.41, 5.74) is 0.832. The molecule has 0 aliphatic carbocycles. The van der Waals surface area contributed by atoms with E-state index >= 15 is 0 Å². The molecule has 0 aliphatic rings. The highest BCUT2D eigenvalue weighted by Gasteiger charge is 2.25. The van der Waals surface area contributed by atoms with Crippen LogP contribution in [0.1, 0.15) is 37.6 Å². The fourth-order valence-corrected chi connectivity index (χ4v) is 2.24. The first-order valence-electron chi connectivity index (χ1n) is 7.02. The number of hydrogen-bond donors (Lipinski definition) is 1. The molecule has 0 amide bonds. The third-order valence-electron chi connectivity index (χ3n) is 3.24. The molecule has 0 unspecified atom stereocenters. The van der Waals surface area contributed by atoms with Crippen molar-refractivity contribution >= 4 is 5.97 Å². The molecule has 0 aliphatic heterocycles. The largest absolute Gasteiger partial charge is 0.481 e. The monoisotopic (exact) mass is 288 g/mol. The van der Waals surface area contributed by atoms with Crippen molar-refractivity contribution in [3.8, 4) is 0 Å². The molecular formula is C16H20N2O3. The normalized spacial score (nSPS) is 11.5. The van der Waals surface area contributed by atoms with E-state index in [1.807, 2.05) is 32.0 Å². The van der Waals surface area contributed by atoms with Gasteiger partial charge in [-0.25, -0.2) is 0 Å². The van der Waals surface area contributed by atoms with Gasteiger partial charge in [-0.1, -0.05) is 44.2 Å². The van der Waals surface area contributed by atoms with Gasteiger partial charge < -0.3 is 9.52 Å². The minimum atomic E-state index is -0.816. The van der Waals surface area contributed by atoms with Crippen molar-refractivity contribution in [3.05, 3.63) is 47.7 Å². The lowest BCUT2D eigenvalue weighted by Gasteiger charge is -2.19. The molecule has 1 N–H and O–H groups in total. The van der Waals surface area contributed by atoms with Gasteiger partial charge in [0, 0.05) is 12.8 Å². The minimum absolute atomic E-state index is 0.0781. The number of carboxylic acids is 1. The van der Waals surface area contributed by atoms with Crippen LogP contribution < -0.4 is 0 Å². The number of rotatable bonds is 7. The average molecular weight is 288 g/mol. The Labute approximate surface area is 124 Å². The number of nitrogens with zero attached hydrogens (tertiary/aromatic N) is 2. The van der Waals surface area contributed by atoms with Crippen LogP contribution in [0.3, 0.4) is 0 Å². The molecule has 2 rings (SSSR count). The van der Waals surface area contributed by atoms with E-state index in [0.29, 0.717) is 24.6 Å². The lowest BCUT2D eigenvalue weighted by Crippen LogP contribution is -2.19. The number of benzene rings is 1. The summed E-state index contributed by atoms with van der Waals surface area (Å²) < 4.78 is 5.61. The molecule has 1 heterocycles. The highest BCUT2D eigenvalue weighted by Crippen LogP contribution is 2.25. The Morgan fingerprint density at radius 3 is 2.48 bits per heavy atom. The van der Waals surface area contributed by atoms with Crippen LogP contribution in [0.25, 0.3) is 0 Å². The van der Waals surface area contributed by atoms with E-state index in [1.165, 1.54) is 5.56 Å². The predicted octanol–water partition coefficient (Wildman–Crippen LogP) is 2.90. The number of carbonyl (C=O) groups is 1. The molecule has 1 aromatic carbocycles. The van der Waals surface area contributed by atoms with Gasteiger partial charge >= 0.3 is 5.97 Å². The van der Waals surface area contributed by atoms with Crippen molar-refractivity contribution in [3.63, 3.8) is 0 Å². The Balaban J connectivity index is 1.91. The van der Waals surface area contributed by atoms with Crippen LogP contribution in [-0.2, 0) is 24.1 Å². The Morgan fingerprint density at radius 2 is 1.81 bits per heavy atom. The number of aromatic nitrogens is 2. The number of aryl methyl sites for hydroxylation is 2. The van der Waals surface area contributed by atoms with Crippen molar-refractivity contribution in [2.75, 3.05) is 0 Å². The van der Waals surface area contributed by atoms with Gasteiger partial charge in [-0.3, -0.25) is 4.79 Å². The molecule has 0 saturated carbocycles. The molecule has 0 atom stereocenters. The van der Waals surface area contributed by atoms with Crippen LogP contribution in [0.4, 0.5) is 0 Å². The number of hydrogen-bond acceptors (Lipinski definition) is 4. The molecule has 5 heteroatoms. The SMILES string of the molecule is CC(C)(CC(=O)O)Cc1nnc(CCc2ccccc2)o1. The van der Waals surface area contributed by atoms with Crippen LogP contribution in [0.5, 0.6) is 0 Å². The summed E-state index contributed by atoms with van der Waals surface area (Å²) in [7, 11) is 0. The van der Waals surface area contributed by atoms with Crippen molar-refractivity contribution in [1.29, 1.82) is 0 Å². The Kier molecular flexibility index (Phi) is 4.73. The van der Waals surface area contributed by atoms with Gasteiger partial charge in [-0.05, 0) is 17.4 Å². The number of carboxylic acid groups (broad SMARTS) is 1. The molecule has 21 heavy (non-hydrogen) atoms. The van der Waals surface area contributed by atoms with Crippen LogP contribution in [0.15, 0.2) is 34.7 Å². The summed E-state index contributed by atoms with van der Waals surface area (Å²) in [6, 6.07) is 10.1. The third kappa shape index (κ3) is 5.02. The van der Waals surface area contributed by atoms with Crippen LogP contribution in [0, 0.1) is 5.41 Å². The Morgan fingerprint density at radius 1 is 1.14 bits per heavy atom. The highest BCUT2D eigenvalue weighted by molar-refractivity contribution is 5.67. The van der Waals surface area contributed by atoms with Gasteiger partial charge in [0.2, 0.25) is 11.8 Å². The van der Waals surface area contributed by atoms with E-state index in [4.69, 9.17) is 9.52 Å². The summed E-state index contributed by atoms with van der Waals surface area (Å²) in [5, 5.41) is 16.9. The molecule has 2 aromatic rings. The average Bonchev–Trinajstić information content (AvgIpc) is 2.82. The first kappa shape index (κ1) is 15.2. The van der Waals surface area contributed by atoms with E-state index in [0.717, 1.165) is 6.42 Å². The summed E-state index contributed by atoms with van der Waals surface area (Å²) in [4.78, 5) is 10.8. The second kappa shape index (κ2) is 6.52. The van der Waals surface area contributed by atoms with Crippen molar-refractivity contribution in [1.82, 2.24) is 10.2 Å². The van der Waals surface area contributed by atoms with Crippen LogP contribution in [0.2, 0.25) is 0 Å². The molecule has 0 bridgehead atoms. The van der Waals surface area contributed by atoms with Crippen molar-refractivity contribution in [2.24, 2.45) is 5.41 Å². The maximum Gasteiger partial charge on any atom is 0.303 e. The van der Waals surface area contributed by atoms with E-state index in [2.05, 4.69) is 22.3 Å². The second-order valence-electron chi connectivity index (χ2n) is 5.99. The quantitative estimate of drug-likeness (QED) is 0.847. The zero-order valence-electron chi connectivity index (χ0n) is 12.4. The lowest BCUT2D eigenvalue weighted by molar-refractivity contribution is -0.139.